The van der Waals surface area contributed by atoms with Crippen LogP contribution in [0.5, 0.6) is 0 Å². The van der Waals surface area contributed by atoms with Gasteiger partial charge in [-0.05, 0) is 81.5 Å². The van der Waals surface area contributed by atoms with Crippen molar-refractivity contribution in [3.05, 3.63) is 22.8 Å². The van der Waals surface area contributed by atoms with E-state index in [0.717, 1.165) is 11.8 Å². The third-order valence-corrected chi connectivity index (χ3v) is 7.22. The molecule has 112 valence electrons. The first-order valence-corrected chi connectivity index (χ1v) is 8.70. The lowest BCUT2D eigenvalue weighted by atomic mass is 9.53. The van der Waals surface area contributed by atoms with E-state index < -0.39 is 0 Å². The van der Waals surface area contributed by atoms with Crippen molar-refractivity contribution in [2.24, 2.45) is 22.7 Å². The Morgan fingerprint density at radius 2 is 1.80 bits per heavy atom. The van der Waals surface area contributed by atoms with E-state index in [1.807, 2.05) is 5.57 Å². The summed E-state index contributed by atoms with van der Waals surface area (Å²) in [6.07, 6.45) is 12.2. The van der Waals surface area contributed by atoms with Gasteiger partial charge in [-0.2, -0.15) is 0 Å². The molecule has 0 aliphatic heterocycles. The van der Waals surface area contributed by atoms with Crippen molar-refractivity contribution in [1.82, 2.24) is 0 Å². The fourth-order valence-corrected chi connectivity index (χ4v) is 5.61. The highest BCUT2D eigenvalue weighted by atomic mass is 14.5. The van der Waals surface area contributed by atoms with E-state index in [0.29, 0.717) is 10.8 Å². The van der Waals surface area contributed by atoms with E-state index in [9.17, 15) is 0 Å². The summed E-state index contributed by atoms with van der Waals surface area (Å²) in [5.74, 6) is 1.74. The molecule has 0 aromatic carbocycles. The van der Waals surface area contributed by atoms with Gasteiger partial charge in [-0.3, -0.25) is 0 Å². The Morgan fingerprint density at radius 3 is 2.55 bits per heavy atom. The summed E-state index contributed by atoms with van der Waals surface area (Å²) in [6.45, 7) is 12.4. The maximum absolute atomic E-state index is 2.58. The summed E-state index contributed by atoms with van der Waals surface area (Å²) < 4.78 is 0. The van der Waals surface area contributed by atoms with E-state index in [2.05, 4.69) is 40.7 Å². The van der Waals surface area contributed by atoms with E-state index in [1.54, 1.807) is 11.1 Å². The van der Waals surface area contributed by atoms with Gasteiger partial charge in [0.1, 0.15) is 0 Å². The van der Waals surface area contributed by atoms with Crippen LogP contribution in [0, 0.1) is 22.7 Å². The van der Waals surface area contributed by atoms with Gasteiger partial charge in [0.05, 0.1) is 0 Å². The number of fused-ring (bicyclic) bond motifs is 3. The van der Waals surface area contributed by atoms with Crippen molar-refractivity contribution in [2.75, 3.05) is 0 Å². The Morgan fingerprint density at radius 1 is 1.05 bits per heavy atom. The first-order valence-electron chi connectivity index (χ1n) is 8.70. The van der Waals surface area contributed by atoms with Gasteiger partial charge < -0.3 is 0 Å². The van der Waals surface area contributed by atoms with Crippen molar-refractivity contribution in [1.29, 1.82) is 0 Å². The minimum atomic E-state index is 0.446. The Labute approximate surface area is 125 Å². The van der Waals surface area contributed by atoms with Crippen molar-refractivity contribution < 1.29 is 0 Å². The summed E-state index contributed by atoms with van der Waals surface area (Å²) >= 11 is 0. The highest BCUT2D eigenvalue weighted by Crippen LogP contribution is 2.57. The number of hydrogen-bond acceptors (Lipinski definition) is 0. The molecule has 0 nitrogen and oxygen atoms in total. The van der Waals surface area contributed by atoms with Crippen LogP contribution >= 0.6 is 0 Å². The summed E-state index contributed by atoms with van der Waals surface area (Å²) in [7, 11) is 0. The lowest BCUT2D eigenvalue weighted by Crippen LogP contribution is -2.41. The smallest absolute Gasteiger partial charge is 0.0114 e. The lowest BCUT2D eigenvalue weighted by Gasteiger charge is -2.52. The van der Waals surface area contributed by atoms with Gasteiger partial charge in [0.25, 0.3) is 0 Å². The Hall–Kier alpha value is -0.520. The standard InChI is InChI=1S/C20H32/c1-14-7-6-11-20(5)12-10-17-15(2)8-9-16(13-18(14)20)19(17,3)4/h7,16,18H,6,8-13H2,1-5H3/t16?,18-,20+/m1/s1. The Kier molecular flexibility index (Phi) is 3.42. The van der Waals surface area contributed by atoms with Gasteiger partial charge in [-0.15, -0.1) is 0 Å². The molecule has 3 aliphatic rings. The topological polar surface area (TPSA) is 0 Å². The average Bonchev–Trinajstić information content (AvgIpc) is 2.35. The normalized spacial score (nSPS) is 40.5. The van der Waals surface area contributed by atoms with Crippen LogP contribution in [0.2, 0.25) is 0 Å². The minimum absolute atomic E-state index is 0.446. The van der Waals surface area contributed by atoms with Crippen molar-refractivity contribution in [3.63, 3.8) is 0 Å². The first-order chi connectivity index (χ1) is 9.34. The van der Waals surface area contributed by atoms with Crippen molar-refractivity contribution >= 4 is 0 Å². The van der Waals surface area contributed by atoms with Gasteiger partial charge in [-0.25, -0.2) is 0 Å². The Bertz CT molecular complexity index is 462. The van der Waals surface area contributed by atoms with Gasteiger partial charge in [0, 0.05) is 0 Å². The van der Waals surface area contributed by atoms with Gasteiger partial charge >= 0.3 is 0 Å². The van der Waals surface area contributed by atoms with Gasteiger partial charge in [0.15, 0.2) is 0 Å². The molecule has 1 fully saturated rings. The molecule has 20 heavy (non-hydrogen) atoms. The van der Waals surface area contributed by atoms with Crippen LogP contribution < -0.4 is 0 Å². The summed E-state index contributed by atoms with van der Waals surface area (Å²) in [4.78, 5) is 0. The highest BCUT2D eigenvalue weighted by molar-refractivity contribution is 5.27. The fraction of sp³-hybridized carbons (Fsp3) is 0.800. The zero-order chi connectivity index (χ0) is 14.5. The fourth-order valence-electron chi connectivity index (χ4n) is 5.61. The van der Waals surface area contributed by atoms with Crippen LogP contribution in [-0.2, 0) is 0 Å². The summed E-state index contributed by atoms with van der Waals surface area (Å²) in [5.41, 5.74) is 6.25. The second-order valence-corrected chi connectivity index (χ2v) is 8.65. The third-order valence-electron chi connectivity index (χ3n) is 7.22. The van der Waals surface area contributed by atoms with Crippen LogP contribution in [0.3, 0.4) is 0 Å². The molecule has 1 saturated carbocycles. The predicted octanol–water partition coefficient (Wildman–Crippen LogP) is 6.29. The van der Waals surface area contributed by atoms with Crippen LogP contribution in [0.4, 0.5) is 0 Å². The zero-order valence-corrected chi connectivity index (χ0v) is 14.2. The van der Waals surface area contributed by atoms with Crippen LogP contribution in [-0.4, -0.2) is 0 Å². The molecule has 0 heteroatoms. The van der Waals surface area contributed by atoms with Crippen LogP contribution in [0.25, 0.3) is 0 Å². The SMILES string of the molecule is CC1=CCC[C@@]2(C)CCC3=C(C)CCC(C[C@H]12)C3(C)C. The Balaban J connectivity index is 2.01. The number of rotatable bonds is 0. The largest absolute Gasteiger partial charge is 0.0853 e. The molecule has 0 heterocycles. The highest BCUT2D eigenvalue weighted by Gasteiger charge is 2.46. The molecular weight excluding hydrogens is 240 g/mol. The number of allylic oxidation sites excluding steroid dienone is 4. The molecular formula is C20H32. The van der Waals surface area contributed by atoms with E-state index in [-0.39, 0.29) is 0 Å². The van der Waals surface area contributed by atoms with E-state index in [1.165, 1.54) is 44.9 Å². The molecule has 0 N–H and O–H groups in total. The van der Waals surface area contributed by atoms with E-state index in [4.69, 9.17) is 0 Å². The second-order valence-electron chi connectivity index (χ2n) is 8.65. The predicted molar refractivity (Wildman–Crippen MR) is 87.6 cm³/mol. The quantitative estimate of drug-likeness (QED) is 0.455. The number of hydrogen-bond donors (Lipinski definition) is 0. The molecule has 0 radical (unpaired) electrons. The molecule has 0 aromatic heterocycles. The molecule has 1 unspecified atom stereocenters. The molecule has 3 rings (SSSR count). The maximum atomic E-state index is 2.58. The summed E-state index contributed by atoms with van der Waals surface area (Å²) in [6, 6.07) is 0. The zero-order valence-electron chi connectivity index (χ0n) is 14.2. The first kappa shape index (κ1) is 14.4. The summed E-state index contributed by atoms with van der Waals surface area (Å²) in [5, 5.41) is 0. The van der Waals surface area contributed by atoms with Crippen molar-refractivity contribution in [3.8, 4) is 0 Å². The molecule has 0 spiro atoms. The van der Waals surface area contributed by atoms with Gasteiger partial charge in [0.2, 0.25) is 0 Å². The molecule has 3 aliphatic carbocycles. The van der Waals surface area contributed by atoms with Crippen LogP contribution in [0.15, 0.2) is 22.8 Å². The van der Waals surface area contributed by atoms with Crippen molar-refractivity contribution in [2.45, 2.75) is 79.6 Å². The lowest BCUT2D eigenvalue weighted by molar-refractivity contribution is 0.0802. The maximum Gasteiger partial charge on any atom is -0.0114 e. The molecule has 0 aromatic rings. The molecule has 2 bridgehead atoms. The van der Waals surface area contributed by atoms with Gasteiger partial charge in [-0.1, -0.05) is 43.6 Å². The molecule has 3 atom stereocenters. The molecule has 0 saturated heterocycles. The molecule has 0 amide bonds. The second kappa shape index (κ2) is 4.75. The third kappa shape index (κ3) is 2.11. The average molecular weight is 272 g/mol. The van der Waals surface area contributed by atoms with E-state index >= 15 is 0 Å². The minimum Gasteiger partial charge on any atom is -0.0853 e. The van der Waals surface area contributed by atoms with Crippen LogP contribution in [0.1, 0.15) is 79.6 Å². The monoisotopic (exact) mass is 272 g/mol.